The predicted octanol–water partition coefficient (Wildman–Crippen LogP) is 3.77. The van der Waals surface area contributed by atoms with Gasteiger partial charge in [0, 0.05) is 36.6 Å². The molecule has 2 heterocycles. The fourth-order valence-electron chi connectivity index (χ4n) is 3.30. The molecule has 2 aromatic carbocycles. The Labute approximate surface area is 129 Å². The fourth-order valence-corrected chi connectivity index (χ4v) is 3.30. The van der Waals surface area contributed by atoms with E-state index in [1.54, 1.807) is 0 Å². The second-order valence-corrected chi connectivity index (χ2v) is 5.89. The van der Waals surface area contributed by atoms with E-state index in [0.29, 0.717) is 0 Å². The SMILES string of the molecule is Cn1ccc2ccc(C(=O)N3CCCc4ccccc43)cc21. The second kappa shape index (κ2) is 5.02. The van der Waals surface area contributed by atoms with Crippen molar-refractivity contribution in [2.75, 3.05) is 11.4 Å². The molecule has 0 unspecified atom stereocenters. The Hall–Kier alpha value is -2.55. The largest absolute Gasteiger partial charge is 0.351 e. The van der Waals surface area contributed by atoms with Crippen molar-refractivity contribution in [1.82, 2.24) is 4.57 Å². The fraction of sp³-hybridized carbons (Fsp3) is 0.211. The smallest absolute Gasteiger partial charge is 0.258 e. The van der Waals surface area contributed by atoms with E-state index in [-0.39, 0.29) is 5.91 Å². The average Bonchev–Trinajstić information content (AvgIpc) is 2.94. The van der Waals surface area contributed by atoms with E-state index in [1.807, 2.05) is 54.5 Å². The monoisotopic (exact) mass is 290 g/mol. The van der Waals surface area contributed by atoms with Gasteiger partial charge in [0.1, 0.15) is 0 Å². The van der Waals surface area contributed by atoms with Crippen molar-refractivity contribution in [2.24, 2.45) is 7.05 Å². The molecule has 3 nitrogen and oxygen atoms in total. The number of hydrogen-bond acceptors (Lipinski definition) is 1. The van der Waals surface area contributed by atoms with Gasteiger partial charge in [0.2, 0.25) is 0 Å². The van der Waals surface area contributed by atoms with Gasteiger partial charge in [-0.3, -0.25) is 4.79 Å². The minimum Gasteiger partial charge on any atom is -0.351 e. The Balaban J connectivity index is 1.76. The Kier molecular flexibility index (Phi) is 3.00. The van der Waals surface area contributed by atoms with Gasteiger partial charge in [0.15, 0.2) is 0 Å². The number of amides is 1. The predicted molar refractivity (Wildman–Crippen MR) is 89.4 cm³/mol. The summed E-state index contributed by atoms with van der Waals surface area (Å²) >= 11 is 0. The molecule has 1 aliphatic heterocycles. The molecule has 0 spiro atoms. The highest BCUT2D eigenvalue weighted by atomic mass is 16.2. The first-order valence-electron chi connectivity index (χ1n) is 7.69. The van der Waals surface area contributed by atoms with Crippen LogP contribution >= 0.6 is 0 Å². The molecule has 3 heteroatoms. The summed E-state index contributed by atoms with van der Waals surface area (Å²) in [5, 5.41) is 1.16. The van der Waals surface area contributed by atoms with Gasteiger partial charge in [-0.25, -0.2) is 0 Å². The molecule has 0 saturated heterocycles. The third-order valence-electron chi connectivity index (χ3n) is 4.49. The van der Waals surface area contributed by atoms with E-state index >= 15 is 0 Å². The summed E-state index contributed by atoms with van der Waals surface area (Å²) in [7, 11) is 2.01. The normalized spacial score (nSPS) is 14.1. The number of carbonyl (C=O) groups excluding carboxylic acids is 1. The molecule has 0 atom stereocenters. The molecule has 1 aliphatic rings. The standard InChI is InChI=1S/C19H18N2O/c1-20-12-10-15-8-9-16(13-18(15)20)19(22)21-11-4-6-14-5-2-3-7-17(14)21/h2-3,5,7-10,12-13H,4,6,11H2,1H3. The Morgan fingerprint density at radius 1 is 1.09 bits per heavy atom. The maximum Gasteiger partial charge on any atom is 0.258 e. The molecular weight excluding hydrogens is 272 g/mol. The van der Waals surface area contributed by atoms with Gasteiger partial charge in [0.05, 0.1) is 0 Å². The molecule has 110 valence electrons. The third-order valence-corrected chi connectivity index (χ3v) is 4.49. The molecule has 0 N–H and O–H groups in total. The highest BCUT2D eigenvalue weighted by Crippen LogP contribution is 2.28. The van der Waals surface area contributed by atoms with Crippen molar-refractivity contribution in [3.8, 4) is 0 Å². The van der Waals surface area contributed by atoms with Crippen LogP contribution in [0.1, 0.15) is 22.3 Å². The van der Waals surface area contributed by atoms with Gasteiger partial charge in [-0.15, -0.1) is 0 Å². The van der Waals surface area contributed by atoms with E-state index in [0.717, 1.165) is 41.5 Å². The van der Waals surface area contributed by atoms with Crippen LogP contribution in [0.25, 0.3) is 10.9 Å². The number of aryl methyl sites for hydroxylation is 2. The number of fused-ring (bicyclic) bond motifs is 2. The topological polar surface area (TPSA) is 25.2 Å². The summed E-state index contributed by atoms with van der Waals surface area (Å²) < 4.78 is 2.05. The van der Waals surface area contributed by atoms with Crippen molar-refractivity contribution in [3.63, 3.8) is 0 Å². The van der Waals surface area contributed by atoms with Crippen LogP contribution in [0.15, 0.2) is 54.7 Å². The highest BCUT2D eigenvalue weighted by molar-refractivity contribution is 6.08. The molecule has 22 heavy (non-hydrogen) atoms. The number of rotatable bonds is 1. The summed E-state index contributed by atoms with van der Waals surface area (Å²) in [4.78, 5) is 14.9. The maximum absolute atomic E-state index is 13.0. The average molecular weight is 290 g/mol. The van der Waals surface area contributed by atoms with Crippen LogP contribution in [-0.4, -0.2) is 17.0 Å². The summed E-state index contributed by atoms with van der Waals surface area (Å²) in [5.41, 5.74) is 4.18. The zero-order valence-electron chi connectivity index (χ0n) is 12.6. The molecule has 0 bridgehead atoms. The first-order chi connectivity index (χ1) is 10.7. The zero-order valence-corrected chi connectivity index (χ0v) is 12.6. The van der Waals surface area contributed by atoms with Gasteiger partial charge >= 0.3 is 0 Å². The Bertz CT molecular complexity index is 863. The van der Waals surface area contributed by atoms with Crippen LogP contribution in [0.3, 0.4) is 0 Å². The molecule has 0 aliphatic carbocycles. The second-order valence-electron chi connectivity index (χ2n) is 5.89. The molecule has 1 aromatic heterocycles. The Morgan fingerprint density at radius 3 is 2.86 bits per heavy atom. The molecule has 0 saturated carbocycles. The molecular formula is C19H18N2O. The van der Waals surface area contributed by atoms with Crippen molar-refractivity contribution in [3.05, 3.63) is 65.9 Å². The molecule has 4 rings (SSSR count). The summed E-state index contributed by atoms with van der Waals surface area (Å²) in [5.74, 6) is 0.0928. The van der Waals surface area contributed by atoms with Crippen LogP contribution < -0.4 is 4.90 Å². The number of benzene rings is 2. The number of hydrogen-bond donors (Lipinski definition) is 0. The van der Waals surface area contributed by atoms with Gasteiger partial charge < -0.3 is 9.47 Å². The van der Waals surface area contributed by atoms with Crippen LogP contribution in [0.4, 0.5) is 5.69 Å². The van der Waals surface area contributed by atoms with Gasteiger partial charge in [-0.05, 0) is 48.1 Å². The Morgan fingerprint density at radius 2 is 1.95 bits per heavy atom. The van der Waals surface area contributed by atoms with E-state index in [9.17, 15) is 4.79 Å². The van der Waals surface area contributed by atoms with E-state index in [1.165, 1.54) is 5.56 Å². The first-order valence-corrected chi connectivity index (χ1v) is 7.69. The highest BCUT2D eigenvalue weighted by Gasteiger charge is 2.23. The van der Waals surface area contributed by atoms with Crippen molar-refractivity contribution in [1.29, 1.82) is 0 Å². The maximum atomic E-state index is 13.0. The van der Waals surface area contributed by atoms with Gasteiger partial charge in [-0.1, -0.05) is 24.3 Å². The summed E-state index contributed by atoms with van der Waals surface area (Å²) in [6, 6.07) is 16.2. The van der Waals surface area contributed by atoms with Crippen LogP contribution in [0.2, 0.25) is 0 Å². The van der Waals surface area contributed by atoms with Gasteiger partial charge in [-0.2, -0.15) is 0 Å². The summed E-state index contributed by atoms with van der Waals surface area (Å²) in [6.07, 6.45) is 4.10. The first kappa shape index (κ1) is 13.1. The van der Waals surface area contributed by atoms with Crippen LogP contribution in [-0.2, 0) is 13.5 Å². The van der Waals surface area contributed by atoms with E-state index < -0.39 is 0 Å². The number of para-hydroxylation sites is 1. The number of nitrogens with zero attached hydrogens (tertiary/aromatic N) is 2. The lowest BCUT2D eigenvalue weighted by molar-refractivity contribution is 0.0985. The van der Waals surface area contributed by atoms with E-state index in [2.05, 4.69) is 16.7 Å². The summed E-state index contributed by atoms with van der Waals surface area (Å²) in [6.45, 7) is 0.793. The number of carbonyl (C=O) groups is 1. The lowest BCUT2D eigenvalue weighted by Crippen LogP contribution is -2.35. The lowest BCUT2D eigenvalue weighted by atomic mass is 10.0. The zero-order chi connectivity index (χ0) is 15.1. The third kappa shape index (κ3) is 2.01. The van der Waals surface area contributed by atoms with Crippen LogP contribution in [0.5, 0.6) is 0 Å². The lowest BCUT2D eigenvalue weighted by Gasteiger charge is -2.29. The molecule has 0 radical (unpaired) electrons. The van der Waals surface area contributed by atoms with Crippen molar-refractivity contribution >= 4 is 22.5 Å². The molecule has 3 aromatic rings. The minimum absolute atomic E-state index is 0.0928. The molecule has 0 fully saturated rings. The van der Waals surface area contributed by atoms with E-state index in [4.69, 9.17) is 0 Å². The van der Waals surface area contributed by atoms with Crippen molar-refractivity contribution in [2.45, 2.75) is 12.8 Å². The number of anilines is 1. The van der Waals surface area contributed by atoms with Crippen LogP contribution in [0, 0.1) is 0 Å². The van der Waals surface area contributed by atoms with Gasteiger partial charge in [0.25, 0.3) is 5.91 Å². The van der Waals surface area contributed by atoms with Crippen molar-refractivity contribution < 1.29 is 4.79 Å². The quantitative estimate of drug-likeness (QED) is 0.669. The number of aromatic nitrogens is 1. The molecule has 1 amide bonds. The minimum atomic E-state index is 0.0928.